The molecule has 0 saturated carbocycles. The number of benzene rings is 1. The van der Waals surface area contributed by atoms with Crippen molar-refractivity contribution in [2.45, 2.75) is 45.7 Å². The SMILES string of the molecule is CCCn1cc(C(N)CCc2cccc(C)c2)cn1. The molecule has 1 atom stereocenters. The molecule has 3 heteroatoms. The van der Waals surface area contributed by atoms with E-state index < -0.39 is 0 Å². The molecule has 1 unspecified atom stereocenters. The standard InChI is InChI=1S/C16H23N3/c1-3-9-19-12-15(11-18-19)16(17)8-7-14-6-4-5-13(2)10-14/h4-6,10-12,16H,3,7-9,17H2,1-2H3. The summed E-state index contributed by atoms with van der Waals surface area (Å²) < 4.78 is 1.97. The van der Waals surface area contributed by atoms with Gasteiger partial charge in [-0.05, 0) is 31.7 Å². The molecule has 0 aliphatic heterocycles. The smallest absolute Gasteiger partial charge is 0.0537 e. The second kappa shape index (κ2) is 6.53. The zero-order chi connectivity index (χ0) is 13.7. The van der Waals surface area contributed by atoms with Gasteiger partial charge in [-0.15, -0.1) is 0 Å². The fourth-order valence-corrected chi connectivity index (χ4v) is 2.28. The van der Waals surface area contributed by atoms with Gasteiger partial charge in [-0.25, -0.2) is 0 Å². The van der Waals surface area contributed by atoms with Crippen LogP contribution in [-0.4, -0.2) is 9.78 Å². The van der Waals surface area contributed by atoms with Crippen molar-refractivity contribution in [1.29, 1.82) is 0 Å². The summed E-state index contributed by atoms with van der Waals surface area (Å²) in [6.07, 6.45) is 7.05. The van der Waals surface area contributed by atoms with E-state index >= 15 is 0 Å². The largest absolute Gasteiger partial charge is 0.324 e. The molecule has 0 radical (unpaired) electrons. The minimum atomic E-state index is 0.0751. The van der Waals surface area contributed by atoms with Gasteiger partial charge in [0.15, 0.2) is 0 Å². The lowest BCUT2D eigenvalue weighted by atomic mass is 10.0. The molecule has 1 aromatic carbocycles. The van der Waals surface area contributed by atoms with Gasteiger partial charge in [0.2, 0.25) is 0 Å². The Bertz CT molecular complexity index is 516. The van der Waals surface area contributed by atoms with Gasteiger partial charge in [0.25, 0.3) is 0 Å². The quantitative estimate of drug-likeness (QED) is 0.863. The lowest BCUT2D eigenvalue weighted by Crippen LogP contribution is -2.10. The second-order valence-electron chi connectivity index (χ2n) is 5.17. The topological polar surface area (TPSA) is 43.8 Å². The molecule has 0 aliphatic carbocycles. The first-order valence-corrected chi connectivity index (χ1v) is 7.02. The van der Waals surface area contributed by atoms with Crippen LogP contribution < -0.4 is 5.73 Å². The van der Waals surface area contributed by atoms with E-state index in [1.165, 1.54) is 11.1 Å². The number of aryl methyl sites for hydroxylation is 3. The molecule has 2 N–H and O–H groups in total. The predicted molar refractivity (Wildman–Crippen MR) is 78.9 cm³/mol. The Hall–Kier alpha value is -1.61. The van der Waals surface area contributed by atoms with Gasteiger partial charge in [0.05, 0.1) is 6.20 Å². The maximum Gasteiger partial charge on any atom is 0.0537 e. The van der Waals surface area contributed by atoms with Crippen LogP contribution in [-0.2, 0) is 13.0 Å². The van der Waals surface area contributed by atoms with E-state index in [0.717, 1.165) is 31.4 Å². The van der Waals surface area contributed by atoms with Gasteiger partial charge >= 0.3 is 0 Å². The van der Waals surface area contributed by atoms with Gasteiger partial charge in [-0.1, -0.05) is 36.8 Å². The molecule has 1 aromatic heterocycles. The average Bonchev–Trinajstić information content (AvgIpc) is 2.85. The number of hydrogen-bond donors (Lipinski definition) is 1. The van der Waals surface area contributed by atoms with Crippen LogP contribution in [0.15, 0.2) is 36.7 Å². The molecule has 0 aliphatic rings. The lowest BCUT2D eigenvalue weighted by Gasteiger charge is -2.09. The molecule has 3 nitrogen and oxygen atoms in total. The first kappa shape index (κ1) is 13.8. The van der Waals surface area contributed by atoms with Crippen molar-refractivity contribution >= 4 is 0 Å². The van der Waals surface area contributed by atoms with Crippen molar-refractivity contribution in [3.8, 4) is 0 Å². The second-order valence-corrected chi connectivity index (χ2v) is 5.17. The highest BCUT2D eigenvalue weighted by atomic mass is 15.3. The Balaban J connectivity index is 1.91. The predicted octanol–water partition coefficient (Wildman–Crippen LogP) is 3.23. The van der Waals surface area contributed by atoms with Gasteiger partial charge in [0.1, 0.15) is 0 Å². The third-order valence-electron chi connectivity index (χ3n) is 3.36. The number of nitrogens with two attached hydrogens (primary N) is 1. The van der Waals surface area contributed by atoms with Crippen LogP contribution in [0.2, 0.25) is 0 Å². The molecular formula is C16H23N3. The zero-order valence-electron chi connectivity index (χ0n) is 11.8. The van der Waals surface area contributed by atoms with Crippen molar-refractivity contribution in [2.75, 3.05) is 0 Å². The molecule has 1 heterocycles. The minimum Gasteiger partial charge on any atom is -0.324 e. The van der Waals surface area contributed by atoms with Crippen LogP contribution in [0.5, 0.6) is 0 Å². The van der Waals surface area contributed by atoms with Crippen LogP contribution in [0.1, 0.15) is 42.5 Å². The molecule has 2 aromatic rings. The van der Waals surface area contributed by atoms with E-state index in [9.17, 15) is 0 Å². The zero-order valence-corrected chi connectivity index (χ0v) is 11.8. The summed E-state index contributed by atoms with van der Waals surface area (Å²) in [5.74, 6) is 0. The minimum absolute atomic E-state index is 0.0751. The van der Waals surface area contributed by atoms with Gasteiger partial charge < -0.3 is 5.73 Å². The lowest BCUT2D eigenvalue weighted by molar-refractivity contribution is 0.599. The number of rotatable bonds is 6. The van der Waals surface area contributed by atoms with Crippen LogP contribution in [0, 0.1) is 6.92 Å². The number of aromatic nitrogens is 2. The Morgan fingerprint density at radius 3 is 2.95 bits per heavy atom. The Kier molecular flexibility index (Phi) is 4.74. The van der Waals surface area contributed by atoms with Gasteiger partial charge in [0, 0.05) is 24.3 Å². The van der Waals surface area contributed by atoms with Crippen molar-refractivity contribution in [2.24, 2.45) is 5.73 Å². The summed E-state index contributed by atoms with van der Waals surface area (Å²) in [7, 11) is 0. The monoisotopic (exact) mass is 257 g/mol. The first-order valence-electron chi connectivity index (χ1n) is 7.02. The summed E-state index contributed by atoms with van der Waals surface area (Å²) in [6, 6.07) is 8.70. The van der Waals surface area contributed by atoms with Gasteiger partial charge in [-0.2, -0.15) is 5.10 Å². The highest BCUT2D eigenvalue weighted by Gasteiger charge is 2.08. The number of nitrogens with zero attached hydrogens (tertiary/aromatic N) is 2. The maximum absolute atomic E-state index is 6.24. The average molecular weight is 257 g/mol. The molecule has 0 fully saturated rings. The molecule has 2 rings (SSSR count). The van der Waals surface area contributed by atoms with Gasteiger partial charge in [-0.3, -0.25) is 4.68 Å². The summed E-state index contributed by atoms with van der Waals surface area (Å²) in [5.41, 5.74) is 10.0. The molecular weight excluding hydrogens is 234 g/mol. The molecule has 19 heavy (non-hydrogen) atoms. The van der Waals surface area contributed by atoms with Crippen molar-refractivity contribution in [1.82, 2.24) is 9.78 Å². The van der Waals surface area contributed by atoms with E-state index in [4.69, 9.17) is 5.73 Å². The van der Waals surface area contributed by atoms with E-state index in [1.807, 2.05) is 10.9 Å². The van der Waals surface area contributed by atoms with E-state index in [-0.39, 0.29) is 6.04 Å². The van der Waals surface area contributed by atoms with E-state index in [2.05, 4.69) is 49.4 Å². The first-order chi connectivity index (χ1) is 9.19. The van der Waals surface area contributed by atoms with Crippen molar-refractivity contribution in [3.05, 3.63) is 53.3 Å². The molecule has 0 bridgehead atoms. The Morgan fingerprint density at radius 1 is 1.37 bits per heavy atom. The molecule has 102 valence electrons. The van der Waals surface area contributed by atoms with E-state index in [0.29, 0.717) is 0 Å². The third kappa shape index (κ3) is 3.93. The maximum atomic E-state index is 6.24. The number of hydrogen-bond acceptors (Lipinski definition) is 2. The van der Waals surface area contributed by atoms with Crippen LogP contribution >= 0.6 is 0 Å². The van der Waals surface area contributed by atoms with Crippen LogP contribution in [0.3, 0.4) is 0 Å². The normalized spacial score (nSPS) is 12.6. The van der Waals surface area contributed by atoms with E-state index in [1.54, 1.807) is 0 Å². The van der Waals surface area contributed by atoms with Crippen molar-refractivity contribution in [3.63, 3.8) is 0 Å². The highest BCUT2D eigenvalue weighted by molar-refractivity contribution is 5.22. The van der Waals surface area contributed by atoms with Crippen LogP contribution in [0.25, 0.3) is 0 Å². The Labute approximate surface area is 115 Å². The summed E-state index contributed by atoms with van der Waals surface area (Å²) >= 11 is 0. The third-order valence-corrected chi connectivity index (χ3v) is 3.36. The van der Waals surface area contributed by atoms with Crippen LogP contribution in [0.4, 0.5) is 0 Å². The van der Waals surface area contributed by atoms with Crippen molar-refractivity contribution < 1.29 is 0 Å². The summed E-state index contributed by atoms with van der Waals surface area (Å²) in [6.45, 7) is 5.24. The fourth-order valence-electron chi connectivity index (χ4n) is 2.28. The highest BCUT2D eigenvalue weighted by Crippen LogP contribution is 2.17. The fraction of sp³-hybridized carbons (Fsp3) is 0.438. The molecule has 0 saturated heterocycles. The summed E-state index contributed by atoms with van der Waals surface area (Å²) in [5, 5.41) is 4.33. The molecule has 0 amide bonds. The Morgan fingerprint density at radius 2 is 2.21 bits per heavy atom. The molecule has 0 spiro atoms. The summed E-state index contributed by atoms with van der Waals surface area (Å²) in [4.78, 5) is 0.